The molecule has 0 fully saturated rings. The zero-order valence-electron chi connectivity index (χ0n) is 16.4. The molecule has 0 spiro atoms. The molecule has 1 aliphatic heterocycles. The fraction of sp³-hybridized carbons (Fsp3) is 0.550. The Hall–Kier alpha value is -2.37. The summed E-state index contributed by atoms with van der Waals surface area (Å²) in [5.74, 6) is 0.313. The van der Waals surface area contributed by atoms with Gasteiger partial charge < -0.3 is 9.64 Å². The summed E-state index contributed by atoms with van der Waals surface area (Å²) in [6, 6.07) is 5.47. The number of ether oxygens (including phenoxy) is 1. The number of carbonyl (C=O) groups excluding carboxylic acids is 2. The van der Waals surface area contributed by atoms with Crippen LogP contribution in [0, 0.1) is 5.41 Å². The molecule has 0 unspecified atom stereocenters. The second kappa shape index (κ2) is 8.34. The zero-order chi connectivity index (χ0) is 19.3. The van der Waals surface area contributed by atoms with Gasteiger partial charge in [-0.3, -0.25) is 9.59 Å². The number of hydrazone groups is 1. The number of rotatable bonds is 7. The lowest BCUT2D eigenvalue weighted by Crippen LogP contribution is -2.33. The van der Waals surface area contributed by atoms with E-state index in [2.05, 4.69) is 17.5 Å². The molecule has 6 heteroatoms. The summed E-state index contributed by atoms with van der Waals surface area (Å²) < 4.78 is 5.29. The van der Waals surface area contributed by atoms with Gasteiger partial charge in [0.05, 0.1) is 12.8 Å². The first-order valence-corrected chi connectivity index (χ1v) is 9.13. The van der Waals surface area contributed by atoms with E-state index in [1.807, 2.05) is 32.9 Å². The Bertz CT molecular complexity index is 705. The average molecular weight is 359 g/mol. The molecule has 0 saturated heterocycles. The minimum Gasteiger partial charge on any atom is -0.497 e. The van der Waals surface area contributed by atoms with Crippen LogP contribution in [0.4, 0.5) is 5.69 Å². The molecule has 1 aromatic rings. The van der Waals surface area contributed by atoms with E-state index < -0.39 is 0 Å². The van der Waals surface area contributed by atoms with Gasteiger partial charge in [-0.1, -0.05) is 40.5 Å². The van der Waals surface area contributed by atoms with Gasteiger partial charge in [-0.2, -0.15) is 5.10 Å². The van der Waals surface area contributed by atoms with E-state index in [-0.39, 0.29) is 22.9 Å². The topological polar surface area (TPSA) is 71.0 Å². The molecular formula is C20H29N3O3. The van der Waals surface area contributed by atoms with Crippen molar-refractivity contribution < 1.29 is 14.3 Å². The van der Waals surface area contributed by atoms with Crippen molar-refractivity contribution in [2.24, 2.45) is 10.5 Å². The van der Waals surface area contributed by atoms with Gasteiger partial charge in [-0.25, -0.2) is 5.43 Å². The number of anilines is 1. The Labute approximate surface area is 155 Å². The van der Waals surface area contributed by atoms with Crippen molar-refractivity contribution in [2.75, 3.05) is 18.6 Å². The molecule has 0 saturated carbocycles. The molecule has 2 rings (SSSR count). The standard InChI is InChI=1S/C20H29N3O3/c1-6-7-8-11-23-16-12-14(26-5)9-10-15(16)18(19(23)25)22-21-17(24)13-20(2,3)4/h9-10,12H,6-8,11,13H2,1-5H3,(H,21,24)/b22-18-. The molecule has 1 N–H and O–H groups in total. The minimum absolute atomic E-state index is 0.137. The minimum atomic E-state index is -0.197. The van der Waals surface area contributed by atoms with E-state index in [9.17, 15) is 9.59 Å². The molecule has 1 aliphatic rings. The van der Waals surface area contributed by atoms with Crippen LogP contribution in [0.15, 0.2) is 23.3 Å². The highest BCUT2D eigenvalue weighted by Gasteiger charge is 2.34. The molecule has 142 valence electrons. The fourth-order valence-electron chi connectivity index (χ4n) is 2.90. The normalized spacial score (nSPS) is 15.3. The second-order valence-electron chi connectivity index (χ2n) is 7.78. The van der Waals surface area contributed by atoms with E-state index in [0.717, 1.165) is 30.5 Å². The first-order valence-electron chi connectivity index (χ1n) is 9.13. The number of methoxy groups -OCH3 is 1. The third-order valence-corrected chi connectivity index (χ3v) is 4.17. The Morgan fingerprint density at radius 2 is 2.00 bits per heavy atom. The first-order chi connectivity index (χ1) is 12.3. The summed E-state index contributed by atoms with van der Waals surface area (Å²) in [5, 5.41) is 4.15. The van der Waals surface area contributed by atoms with Crippen LogP contribution >= 0.6 is 0 Å². The number of benzene rings is 1. The van der Waals surface area contributed by atoms with Gasteiger partial charge in [0.25, 0.3) is 5.91 Å². The largest absolute Gasteiger partial charge is 0.497 e. The Morgan fingerprint density at radius 1 is 1.27 bits per heavy atom. The van der Waals surface area contributed by atoms with Gasteiger partial charge >= 0.3 is 0 Å². The van der Waals surface area contributed by atoms with Crippen molar-refractivity contribution in [1.29, 1.82) is 0 Å². The summed E-state index contributed by atoms with van der Waals surface area (Å²) in [6.07, 6.45) is 3.39. The second-order valence-corrected chi connectivity index (χ2v) is 7.78. The summed E-state index contributed by atoms with van der Waals surface area (Å²) in [7, 11) is 1.60. The third kappa shape index (κ3) is 4.84. The van der Waals surface area contributed by atoms with Crippen LogP contribution in [-0.4, -0.2) is 31.2 Å². The SMILES string of the molecule is CCCCCN1C(=O)/C(=N\NC(=O)CC(C)(C)C)c2ccc(OC)cc21. The van der Waals surface area contributed by atoms with Crippen LogP contribution < -0.4 is 15.1 Å². The number of hydrogen-bond acceptors (Lipinski definition) is 4. The monoisotopic (exact) mass is 359 g/mol. The highest BCUT2D eigenvalue weighted by Crippen LogP contribution is 2.33. The first kappa shape index (κ1) is 19.9. The maximum Gasteiger partial charge on any atom is 0.279 e. The zero-order valence-corrected chi connectivity index (χ0v) is 16.4. The van der Waals surface area contributed by atoms with Crippen LogP contribution in [0.2, 0.25) is 0 Å². The van der Waals surface area contributed by atoms with Gasteiger partial charge in [0.2, 0.25) is 5.91 Å². The summed E-state index contributed by atoms with van der Waals surface area (Å²) in [5.41, 5.74) is 4.19. The number of unbranched alkanes of at least 4 members (excludes halogenated alkanes) is 2. The fourth-order valence-corrected chi connectivity index (χ4v) is 2.90. The smallest absolute Gasteiger partial charge is 0.279 e. The van der Waals surface area contributed by atoms with E-state index in [1.54, 1.807) is 18.1 Å². The van der Waals surface area contributed by atoms with Crippen molar-refractivity contribution in [2.45, 2.75) is 53.4 Å². The molecule has 6 nitrogen and oxygen atoms in total. The van der Waals surface area contributed by atoms with E-state index in [0.29, 0.717) is 18.7 Å². The van der Waals surface area contributed by atoms with Crippen LogP contribution in [-0.2, 0) is 9.59 Å². The molecule has 0 aromatic heterocycles. The number of nitrogens with one attached hydrogen (secondary N) is 1. The molecule has 2 amide bonds. The highest BCUT2D eigenvalue weighted by atomic mass is 16.5. The lowest BCUT2D eigenvalue weighted by Gasteiger charge is -2.17. The predicted molar refractivity (Wildman–Crippen MR) is 104 cm³/mol. The lowest BCUT2D eigenvalue weighted by molar-refractivity contribution is -0.122. The number of nitrogens with zero attached hydrogens (tertiary/aromatic N) is 2. The summed E-state index contributed by atoms with van der Waals surface area (Å²) in [6.45, 7) is 8.70. The van der Waals surface area contributed by atoms with Crippen molar-refractivity contribution in [1.82, 2.24) is 5.43 Å². The predicted octanol–water partition coefficient (Wildman–Crippen LogP) is 3.49. The lowest BCUT2D eigenvalue weighted by atomic mass is 9.92. The van der Waals surface area contributed by atoms with Crippen LogP contribution in [0.5, 0.6) is 5.75 Å². The average Bonchev–Trinajstić information content (AvgIpc) is 2.82. The van der Waals surface area contributed by atoms with Crippen molar-refractivity contribution in [3.05, 3.63) is 23.8 Å². The van der Waals surface area contributed by atoms with E-state index in [1.165, 1.54) is 0 Å². The maximum atomic E-state index is 12.9. The Balaban J connectivity index is 2.26. The van der Waals surface area contributed by atoms with Gasteiger partial charge in [0.15, 0.2) is 5.71 Å². The molecule has 0 aliphatic carbocycles. The Morgan fingerprint density at radius 3 is 2.62 bits per heavy atom. The maximum absolute atomic E-state index is 12.9. The summed E-state index contributed by atoms with van der Waals surface area (Å²) in [4.78, 5) is 26.6. The summed E-state index contributed by atoms with van der Waals surface area (Å²) >= 11 is 0. The molecule has 0 radical (unpaired) electrons. The van der Waals surface area contributed by atoms with Gasteiger partial charge in [0, 0.05) is 24.6 Å². The highest BCUT2D eigenvalue weighted by molar-refractivity contribution is 6.54. The molecule has 26 heavy (non-hydrogen) atoms. The molecule has 0 bridgehead atoms. The van der Waals surface area contributed by atoms with Crippen molar-refractivity contribution >= 4 is 23.2 Å². The quantitative estimate of drug-likeness (QED) is 0.598. The molecule has 0 atom stereocenters. The molecule has 1 heterocycles. The van der Waals surface area contributed by atoms with E-state index in [4.69, 9.17) is 4.74 Å². The van der Waals surface area contributed by atoms with Crippen LogP contribution in [0.25, 0.3) is 0 Å². The Kier molecular flexibility index (Phi) is 6.40. The molecule has 1 aromatic carbocycles. The van der Waals surface area contributed by atoms with Crippen LogP contribution in [0.1, 0.15) is 58.9 Å². The number of carbonyl (C=O) groups is 2. The van der Waals surface area contributed by atoms with Crippen molar-refractivity contribution in [3.63, 3.8) is 0 Å². The number of amides is 2. The third-order valence-electron chi connectivity index (χ3n) is 4.17. The number of fused-ring (bicyclic) bond motifs is 1. The van der Waals surface area contributed by atoms with Gasteiger partial charge in [0.1, 0.15) is 5.75 Å². The molecular weight excluding hydrogens is 330 g/mol. The van der Waals surface area contributed by atoms with Crippen LogP contribution in [0.3, 0.4) is 0 Å². The van der Waals surface area contributed by atoms with Gasteiger partial charge in [-0.15, -0.1) is 0 Å². The van der Waals surface area contributed by atoms with Crippen molar-refractivity contribution in [3.8, 4) is 5.75 Å². The van der Waals surface area contributed by atoms with E-state index >= 15 is 0 Å². The number of hydrogen-bond donors (Lipinski definition) is 1. The van der Waals surface area contributed by atoms with Gasteiger partial charge in [-0.05, 0) is 24.0 Å².